The SMILES string of the molecule is COc1cccc(N)c1C(=O)N1CCCCC1C(N)=O. The summed E-state index contributed by atoms with van der Waals surface area (Å²) in [6.45, 7) is 0.504. The molecular formula is C14H19N3O3. The van der Waals surface area contributed by atoms with Crippen LogP contribution in [0, 0.1) is 0 Å². The fourth-order valence-electron chi connectivity index (χ4n) is 2.56. The average Bonchev–Trinajstić information content (AvgIpc) is 2.46. The summed E-state index contributed by atoms with van der Waals surface area (Å²) in [5, 5.41) is 0. The number of hydrogen-bond donors (Lipinski definition) is 2. The zero-order valence-electron chi connectivity index (χ0n) is 11.5. The fourth-order valence-corrected chi connectivity index (χ4v) is 2.56. The van der Waals surface area contributed by atoms with Gasteiger partial charge in [-0.05, 0) is 31.4 Å². The summed E-state index contributed by atoms with van der Waals surface area (Å²) in [6, 6.07) is 4.46. The monoisotopic (exact) mass is 277 g/mol. The summed E-state index contributed by atoms with van der Waals surface area (Å²) in [5.74, 6) is -0.376. The summed E-state index contributed by atoms with van der Waals surface area (Å²) in [7, 11) is 1.48. The molecule has 0 aromatic heterocycles. The van der Waals surface area contributed by atoms with Gasteiger partial charge >= 0.3 is 0 Å². The van der Waals surface area contributed by atoms with E-state index in [1.165, 1.54) is 12.0 Å². The highest BCUT2D eigenvalue weighted by atomic mass is 16.5. The van der Waals surface area contributed by atoms with E-state index in [0.29, 0.717) is 30.0 Å². The first-order valence-corrected chi connectivity index (χ1v) is 6.59. The molecule has 0 radical (unpaired) electrons. The van der Waals surface area contributed by atoms with Gasteiger partial charge in [-0.25, -0.2) is 0 Å². The van der Waals surface area contributed by atoms with Crippen molar-refractivity contribution >= 4 is 17.5 Å². The number of rotatable bonds is 3. The lowest BCUT2D eigenvalue weighted by molar-refractivity contribution is -0.123. The number of nitrogens with zero attached hydrogens (tertiary/aromatic N) is 1. The van der Waals surface area contributed by atoms with Gasteiger partial charge in [0.2, 0.25) is 5.91 Å². The minimum absolute atomic E-state index is 0.295. The molecule has 1 unspecified atom stereocenters. The summed E-state index contributed by atoms with van der Waals surface area (Å²) in [6.07, 6.45) is 2.33. The first kappa shape index (κ1) is 14.2. The van der Waals surface area contributed by atoms with Crippen LogP contribution in [0.4, 0.5) is 5.69 Å². The minimum Gasteiger partial charge on any atom is -0.496 e. The van der Waals surface area contributed by atoms with Crippen LogP contribution < -0.4 is 16.2 Å². The van der Waals surface area contributed by atoms with Crippen molar-refractivity contribution in [2.24, 2.45) is 5.73 Å². The first-order valence-electron chi connectivity index (χ1n) is 6.59. The number of ether oxygens (including phenoxy) is 1. The predicted molar refractivity (Wildman–Crippen MR) is 75.3 cm³/mol. The number of nitrogen functional groups attached to an aromatic ring is 1. The maximum atomic E-state index is 12.7. The third-order valence-electron chi connectivity index (χ3n) is 3.58. The molecule has 1 aromatic carbocycles. The Labute approximate surface area is 117 Å². The second-order valence-corrected chi connectivity index (χ2v) is 4.84. The molecule has 108 valence electrons. The summed E-state index contributed by atoms with van der Waals surface area (Å²) in [4.78, 5) is 25.7. The highest BCUT2D eigenvalue weighted by Crippen LogP contribution is 2.28. The van der Waals surface area contributed by atoms with Crippen molar-refractivity contribution < 1.29 is 14.3 Å². The standard InChI is InChI=1S/C14H19N3O3/c1-20-11-7-4-5-9(15)12(11)14(19)17-8-3-2-6-10(17)13(16)18/h4-5,7,10H,2-3,6,8,15H2,1H3,(H2,16,18). The molecule has 4 N–H and O–H groups in total. The molecule has 2 amide bonds. The summed E-state index contributed by atoms with van der Waals surface area (Å²) >= 11 is 0. The topological polar surface area (TPSA) is 98.7 Å². The van der Waals surface area contributed by atoms with Gasteiger partial charge in [-0.3, -0.25) is 9.59 Å². The van der Waals surface area contributed by atoms with Crippen molar-refractivity contribution in [2.75, 3.05) is 19.4 Å². The third kappa shape index (κ3) is 2.54. The van der Waals surface area contributed by atoms with Gasteiger partial charge in [-0.15, -0.1) is 0 Å². The maximum Gasteiger partial charge on any atom is 0.260 e. The Morgan fingerprint density at radius 2 is 2.10 bits per heavy atom. The molecule has 6 heteroatoms. The molecule has 1 saturated heterocycles. The molecule has 6 nitrogen and oxygen atoms in total. The van der Waals surface area contributed by atoms with Crippen LogP contribution in [0.1, 0.15) is 29.6 Å². The van der Waals surface area contributed by atoms with E-state index in [2.05, 4.69) is 0 Å². The number of methoxy groups -OCH3 is 1. The molecule has 1 aliphatic rings. The molecule has 1 heterocycles. The van der Waals surface area contributed by atoms with E-state index in [1.54, 1.807) is 18.2 Å². The molecule has 2 rings (SSSR count). The number of carbonyl (C=O) groups is 2. The van der Waals surface area contributed by atoms with Gasteiger partial charge < -0.3 is 21.1 Å². The van der Waals surface area contributed by atoms with Gasteiger partial charge in [-0.1, -0.05) is 6.07 Å². The number of anilines is 1. The van der Waals surface area contributed by atoms with Crippen LogP contribution in [0.15, 0.2) is 18.2 Å². The molecule has 1 aliphatic heterocycles. The number of likely N-dealkylation sites (tertiary alicyclic amines) is 1. The van der Waals surface area contributed by atoms with Gasteiger partial charge in [0, 0.05) is 12.2 Å². The molecule has 0 aliphatic carbocycles. The highest BCUT2D eigenvalue weighted by molar-refractivity contribution is 6.03. The number of amides is 2. The van der Waals surface area contributed by atoms with Gasteiger partial charge in [-0.2, -0.15) is 0 Å². The second-order valence-electron chi connectivity index (χ2n) is 4.84. The molecule has 0 bridgehead atoms. The average molecular weight is 277 g/mol. The molecule has 0 spiro atoms. The van der Waals surface area contributed by atoms with Crippen LogP contribution in [0.2, 0.25) is 0 Å². The van der Waals surface area contributed by atoms with E-state index in [-0.39, 0.29) is 5.91 Å². The van der Waals surface area contributed by atoms with Crippen molar-refractivity contribution in [3.63, 3.8) is 0 Å². The summed E-state index contributed by atoms with van der Waals surface area (Å²) in [5.41, 5.74) is 11.9. The minimum atomic E-state index is -0.569. The van der Waals surface area contributed by atoms with Crippen molar-refractivity contribution in [1.29, 1.82) is 0 Å². The van der Waals surface area contributed by atoms with E-state index >= 15 is 0 Å². The van der Waals surface area contributed by atoms with E-state index in [1.807, 2.05) is 0 Å². The van der Waals surface area contributed by atoms with E-state index in [4.69, 9.17) is 16.2 Å². The first-order chi connectivity index (χ1) is 9.56. The predicted octanol–water partition coefficient (Wildman–Crippen LogP) is 0.757. The quantitative estimate of drug-likeness (QED) is 0.797. The van der Waals surface area contributed by atoms with Crippen LogP contribution in [0.3, 0.4) is 0 Å². The number of hydrogen-bond acceptors (Lipinski definition) is 4. The maximum absolute atomic E-state index is 12.7. The third-order valence-corrected chi connectivity index (χ3v) is 3.58. The van der Waals surface area contributed by atoms with Crippen molar-refractivity contribution in [2.45, 2.75) is 25.3 Å². The van der Waals surface area contributed by atoms with E-state index in [0.717, 1.165) is 12.8 Å². The lowest BCUT2D eigenvalue weighted by Crippen LogP contribution is -2.50. The van der Waals surface area contributed by atoms with Gasteiger partial charge in [0.05, 0.1) is 7.11 Å². The second kappa shape index (κ2) is 5.81. The normalized spacial score (nSPS) is 18.6. The van der Waals surface area contributed by atoms with Crippen LogP contribution in [0.25, 0.3) is 0 Å². The molecule has 1 fully saturated rings. The van der Waals surface area contributed by atoms with Crippen molar-refractivity contribution in [1.82, 2.24) is 4.90 Å². The number of primary amides is 1. The van der Waals surface area contributed by atoms with E-state index in [9.17, 15) is 9.59 Å². The Morgan fingerprint density at radius 3 is 2.75 bits per heavy atom. The Balaban J connectivity index is 2.37. The van der Waals surface area contributed by atoms with Gasteiger partial charge in [0.1, 0.15) is 17.4 Å². The number of nitrogens with two attached hydrogens (primary N) is 2. The Kier molecular flexibility index (Phi) is 4.12. The van der Waals surface area contributed by atoms with Gasteiger partial charge in [0.15, 0.2) is 0 Å². The number of piperidine rings is 1. The zero-order valence-corrected chi connectivity index (χ0v) is 11.5. The molecule has 1 atom stereocenters. The number of benzene rings is 1. The zero-order chi connectivity index (χ0) is 14.7. The Bertz CT molecular complexity index is 530. The van der Waals surface area contributed by atoms with Crippen LogP contribution in [0.5, 0.6) is 5.75 Å². The summed E-state index contributed by atoms with van der Waals surface area (Å²) < 4.78 is 5.19. The molecule has 1 aromatic rings. The highest BCUT2D eigenvalue weighted by Gasteiger charge is 2.33. The largest absolute Gasteiger partial charge is 0.496 e. The number of carbonyl (C=O) groups excluding carboxylic acids is 2. The molecule has 0 saturated carbocycles. The molecular weight excluding hydrogens is 258 g/mol. The lowest BCUT2D eigenvalue weighted by Gasteiger charge is -2.34. The van der Waals surface area contributed by atoms with E-state index < -0.39 is 11.9 Å². The molecule has 20 heavy (non-hydrogen) atoms. The lowest BCUT2D eigenvalue weighted by atomic mass is 9.99. The van der Waals surface area contributed by atoms with Gasteiger partial charge in [0.25, 0.3) is 5.91 Å². The van der Waals surface area contributed by atoms with Crippen LogP contribution >= 0.6 is 0 Å². The van der Waals surface area contributed by atoms with Crippen molar-refractivity contribution in [3.8, 4) is 5.75 Å². The fraction of sp³-hybridized carbons (Fsp3) is 0.429. The Morgan fingerprint density at radius 1 is 1.35 bits per heavy atom. The van der Waals surface area contributed by atoms with Crippen molar-refractivity contribution in [3.05, 3.63) is 23.8 Å². The smallest absolute Gasteiger partial charge is 0.260 e. The van der Waals surface area contributed by atoms with Crippen LogP contribution in [-0.2, 0) is 4.79 Å². The van der Waals surface area contributed by atoms with Crippen LogP contribution in [-0.4, -0.2) is 36.4 Å². The Hall–Kier alpha value is -2.24.